The van der Waals surface area contributed by atoms with Gasteiger partial charge in [0, 0.05) is 11.3 Å². The van der Waals surface area contributed by atoms with Crippen molar-refractivity contribution in [2.75, 3.05) is 6.61 Å². The number of carbonyl (C=O) groups excluding carboxylic acids is 2. The first-order chi connectivity index (χ1) is 9.91. The lowest BCUT2D eigenvalue weighted by atomic mass is 9.76. The predicted molar refractivity (Wildman–Crippen MR) is 77.4 cm³/mol. The standard InChI is InChI=1S/C15H18BNO3/c1-15(2)9-6-4-3-5-8(9)11-10(7-18)17(14(16)20)13(19)12(11)15/h3-6,10-12,18H,7,16H2,1-2H3/t10-,11-,12?/m1/s1/i18T. The van der Waals surface area contributed by atoms with Crippen molar-refractivity contribution in [3.8, 4) is 0 Å². The lowest BCUT2D eigenvalue weighted by Crippen LogP contribution is -2.43. The lowest BCUT2D eigenvalue weighted by Gasteiger charge is -2.27. The SMILES string of the molecule is [3H]OC[C@@H]1[C@H]2c3ccccc3C(C)(C)C2C(=O)N1C(B)=O. The maximum atomic E-state index is 12.8. The second kappa shape index (κ2) is 4.19. The molecule has 1 unspecified atom stereocenters. The molecule has 1 aromatic carbocycles. The second-order valence-electron chi connectivity index (χ2n) is 6.27. The van der Waals surface area contributed by atoms with Crippen molar-refractivity contribution in [1.82, 2.24) is 4.90 Å². The first-order valence-corrected chi connectivity index (χ1v) is 6.92. The van der Waals surface area contributed by atoms with E-state index in [4.69, 9.17) is 1.43 Å². The first-order valence-electron chi connectivity index (χ1n) is 7.33. The molecule has 1 aromatic rings. The molecule has 2 amide bonds. The number of hydrogen-bond acceptors (Lipinski definition) is 3. The van der Waals surface area contributed by atoms with Crippen LogP contribution in [0.15, 0.2) is 24.3 Å². The zero-order chi connectivity index (χ0) is 15.4. The third-order valence-corrected chi connectivity index (χ3v) is 4.91. The fourth-order valence-corrected chi connectivity index (χ4v) is 4.10. The average Bonchev–Trinajstić information content (AvgIpc) is 2.84. The van der Waals surface area contributed by atoms with Gasteiger partial charge in [0.25, 0.3) is 0 Å². The van der Waals surface area contributed by atoms with Crippen LogP contribution in [0, 0.1) is 5.92 Å². The predicted octanol–water partition coefficient (Wildman–Crippen LogP) is 0.634. The van der Waals surface area contributed by atoms with E-state index < -0.39 is 0 Å². The number of benzene rings is 1. The Kier molecular flexibility index (Phi) is 2.54. The highest BCUT2D eigenvalue weighted by molar-refractivity contribution is 6.58. The smallest absolute Gasteiger partial charge is 0.233 e. The Balaban J connectivity index is 2.16. The van der Waals surface area contributed by atoms with Crippen LogP contribution in [-0.2, 0) is 10.2 Å². The molecule has 1 aliphatic carbocycles. The Labute approximate surface area is 120 Å². The highest BCUT2D eigenvalue weighted by Gasteiger charge is 2.60. The Morgan fingerprint density at radius 3 is 2.85 bits per heavy atom. The molecule has 104 valence electrons. The molecule has 1 heterocycles. The number of carbonyl (C=O) groups is 2. The van der Waals surface area contributed by atoms with E-state index in [2.05, 4.69) is 25.0 Å². The fraction of sp³-hybridized carbons (Fsp3) is 0.467. The molecule has 3 rings (SSSR count). The molecule has 2 aliphatic rings. The third kappa shape index (κ3) is 1.47. The van der Waals surface area contributed by atoms with Gasteiger partial charge in [-0.3, -0.25) is 14.5 Å². The molecule has 0 bridgehead atoms. The van der Waals surface area contributed by atoms with Gasteiger partial charge >= 0.3 is 0 Å². The number of rotatable bonds is 2. The van der Waals surface area contributed by atoms with Crippen LogP contribution in [0.5, 0.6) is 0 Å². The molecule has 5 heteroatoms. The van der Waals surface area contributed by atoms with Gasteiger partial charge in [0.15, 0.2) is 5.81 Å². The van der Waals surface area contributed by atoms with Crippen LogP contribution in [0.3, 0.4) is 0 Å². The molecule has 0 radical (unpaired) electrons. The van der Waals surface area contributed by atoms with Crippen LogP contribution < -0.4 is 0 Å². The third-order valence-electron chi connectivity index (χ3n) is 4.91. The monoisotopic (exact) mass is 273 g/mol. The van der Waals surface area contributed by atoms with Crippen LogP contribution in [0.1, 0.15) is 30.9 Å². The van der Waals surface area contributed by atoms with Gasteiger partial charge < -0.3 is 5.11 Å². The number of amides is 2. The van der Waals surface area contributed by atoms with Gasteiger partial charge in [0.1, 0.15) is 0 Å². The van der Waals surface area contributed by atoms with Gasteiger partial charge in [-0.15, -0.1) is 0 Å². The van der Waals surface area contributed by atoms with Crippen molar-refractivity contribution in [1.29, 1.82) is 1.43 Å². The molecule has 3 atom stereocenters. The molecule has 1 N–H and O–H groups in total. The normalized spacial score (nSPS) is 30.9. The van der Waals surface area contributed by atoms with Gasteiger partial charge in [0.05, 0.1) is 18.6 Å². The minimum atomic E-state index is -0.388. The van der Waals surface area contributed by atoms with Gasteiger partial charge in [-0.25, -0.2) is 0 Å². The summed E-state index contributed by atoms with van der Waals surface area (Å²) >= 11 is 0. The quantitative estimate of drug-likeness (QED) is 0.804. The van der Waals surface area contributed by atoms with E-state index in [1.54, 1.807) is 0 Å². The summed E-state index contributed by atoms with van der Waals surface area (Å²) in [6, 6.07) is 7.62. The van der Waals surface area contributed by atoms with E-state index in [-0.39, 0.29) is 41.6 Å². The highest BCUT2D eigenvalue weighted by Crippen LogP contribution is 2.56. The number of aliphatic hydroxyl groups is 1. The van der Waals surface area contributed by atoms with Crippen molar-refractivity contribution < 1.29 is 14.7 Å². The fourth-order valence-electron chi connectivity index (χ4n) is 4.10. The van der Waals surface area contributed by atoms with Crippen molar-refractivity contribution in [2.45, 2.75) is 31.2 Å². The van der Waals surface area contributed by atoms with Crippen LogP contribution in [0.2, 0.25) is 0 Å². The number of fused-ring (bicyclic) bond motifs is 3. The van der Waals surface area contributed by atoms with E-state index >= 15 is 0 Å². The molecule has 0 spiro atoms. The van der Waals surface area contributed by atoms with Crippen molar-refractivity contribution >= 4 is 19.6 Å². The summed E-state index contributed by atoms with van der Waals surface area (Å²) < 4.78 is 7.05. The first kappa shape index (κ1) is 12.2. The molecular weight excluding hydrogens is 253 g/mol. The summed E-state index contributed by atoms with van der Waals surface area (Å²) in [6.45, 7) is 4.16. The van der Waals surface area contributed by atoms with Gasteiger partial charge in [-0.1, -0.05) is 38.1 Å². The summed E-state index contributed by atoms with van der Waals surface area (Å²) in [7, 11) is 1.40. The summed E-state index contributed by atoms with van der Waals surface area (Å²) in [5.41, 5.74) is 1.95. The Bertz CT molecular complexity index is 619. The van der Waals surface area contributed by atoms with Gasteiger partial charge in [0.2, 0.25) is 15.2 Å². The van der Waals surface area contributed by atoms with E-state index in [0.717, 1.165) is 11.1 Å². The average molecular weight is 273 g/mol. The number of likely N-dealkylation sites (tertiary alicyclic amines) is 1. The Hall–Kier alpha value is -1.62. The largest absolute Gasteiger partial charge is 0.394 e. The van der Waals surface area contributed by atoms with E-state index in [1.807, 2.05) is 18.2 Å². The second-order valence-corrected chi connectivity index (χ2v) is 6.27. The molecule has 1 fully saturated rings. The molecule has 1 aliphatic heterocycles. The summed E-state index contributed by atoms with van der Waals surface area (Å²) in [4.78, 5) is 26.0. The van der Waals surface area contributed by atoms with E-state index in [0.29, 0.717) is 0 Å². The van der Waals surface area contributed by atoms with Crippen LogP contribution in [0.4, 0.5) is 4.79 Å². The van der Waals surface area contributed by atoms with E-state index in [1.165, 1.54) is 12.7 Å². The highest BCUT2D eigenvalue weighted by atomic mass is 16.3. The number of imide groups is 1. The minimum absolute atomic E-state index is 0.0525. The van der Waals surface area contributed by atoms with Crippen LogP contribution in [-0.4, -0.2) is 43.6 Å². The maximum Gasteiger partial charge on any atom is 0.233 e. The van der Waals surface area contributed by atoms with Crippen molar-refractivity contribution in [3.63, 3.8) is 0 Å². The topological polar surface area (TPSA) is 57.6 Å². The van der Waals surface area contributed by atoms with E-state index in [9.17, 15) is 9.59 Å². The number of nitrogens with zero attached hydrogens (tertiary/aromatic N) is 1. The number of aliphatic hydroxyl groups excluding tert-OH is 1. The molecule has 0 saturated carbocycles. The zero-order valence-electron chi connectivity index (χ0n) is 12.9. The molecule has 1 saturated heterocycles. The summed E-state index contributed by atoms with van der Waals surface area (Å²) in [6.07, 6.45) is 0. The minimum Gasteiger partial charge on any atom is -0.394 e. The summed E-state index contributed by atoms with van der Waals surface area (Å²) in [5, 5.41) is 4.55. The molecule has 4 nitrogen and oxygen atoms in total. The van der Waals surface area contributed by atoms with Gasteiger partial charge in [-0.2, -0.15) is 0 Å². The van der Waals surface area contributed by atoms with Gasteiger partial charge in [-0.05, 0) is 11.1 Å². The molecule has 20 heavy (non-hydrogen) atoms. The zero-order valence-corrected chi connectivity index (χ0v) is 11.9. The van der Waals surface area contributed by atoms with Crippen LogP contribution >= 0.6 is 0 Å². The van der Waals surface area contributed by atoms with Crippen molar-refractivity contribution in [2.24, 2.45) is 5.92 Å². The molecule has 0 aromatic heterocycles. The Morgan fingerprint density at radius 2 is 2.20 bits per heavy atom. The molecular formula is C15H18BNO3. The number of hydrogen-bond donors (Lipinski definition) is 1. The Morgan fingerprint density at radius 1 is 1.50 bits per heavy atom. The lowest BCUT2D eigenvalue weighted by molar-refractivity contribution is -0.130. The maximum absolute atomic E-state index is 12.8. The van der Waals surface area contributed by atoms with Crippen LogP contribution in [0.25, 0.3) is 0 Å². The van der Waals surface area contributed by atoms with Crippen molar-refractivity contribution in [3.05, 3.63) is 35.4 Å². The summed E-state index contributed by atoms with van der Waals surface area (Å²) in [5.74, 6) is -0.766.